The fraction of sp³-hybridized carbons (Fsp3) is 0.310. The maximum atomic E-state index is 14.2. The van der Waals surface area contributed by atoms with Gasteiger partial charge in [-0.15, -0.1) is 0 Å². The summed E-state index contributed by atoms with van der Waals surface area (Å²) in [5.74, 6) is -1.28. The molecule has 3 aromatic rings. The molecule has 1 atom stereocenters. The van der Waals surface area contributed by atoms with Crippen molar-refractivity contribution in [1.29, 1.82) is 0 Å². The number of carboxylic acids is 1. The lowest BCUT2D eigenvalue weighted by Crippen LogP contribution is -2.37. The molecule has 0 saturated carbocycles. The molecule has 1 aliphatic rings. The van der Waals surface area contributed by atoms with Crippen LogP contribution in [-0.4, -0.2) is 40.6 Å². The Morgan fingerprint density at radius 2 is 1.64 bits per heavy atom. The summed E-state index contributed by atoms with van der Waals surface area (Å²) in [6.07, 6.45) is 1.87. The molecule has 0 radical (unpaired) electrons. The zero-order valence-corrected chi connectivity index (χ0v) is 20.2. The van der Waals surface area contributed by atoms with E-state index in [1.54, 1.807) is 30.3 Å². The number of hydrogen-bond donors (Lipinski definition) is 1. The Hall–Kier alpha value is -3.74. The SMILES string of the molecule is C[C@@]1(Cc2ccccc2F)Cc2cc(CCC(=O)N(CCc3ccccc3F)CC(=O)O)ccc2O1. The van der Waals surface area contributed by atoms with Crippen LogP contribution in [0, 0.1) is 11.6 Å². The summed E-state index contributed by atoms with van der Waals surface area (Å²) in [6, 6.07) is 18.7. The van der Waals surface area contributed by atoms with Gasteiger partial charge in [0.05, 0.1) is 0 Å². The van der Waals surface area contributed by atoms with Crippen LogP contribution in [0.4, 0.5) is 8.78 Å². The molecule has 0 fully saturated rings. The summed E-state index contributed by atoms with van der Waals surface area (Å²) in [5, 5.41) is 9.24. The molecule has 1 N–H and O–H groups in total. The average Bonchev–Trinajstić information content (AvgIpc) is 3.17. The Morgan fingerprint density at radius 3 is 2.31 bits per heavy atom. The predicted octanol–water partition coefficient (Wildman–Crippen LogP) is 4.99. The number of hydrogen-bond acceptors (Lipinski definition) is 3. The molecule has 4 rings (SSSR count). The van der Waals surface area contributed by atoms with Gasteiger partial charge in [0.1, 0.15) is 29.5 Å². The van der Waals surface area contributed by atoms with Crippen LogP contribution in [0.15, 0.2) is 66.7 Å². The molecule has 0 aliphatic carbocycles. The van der Waals surface area contributed by atoms with E-state index in [4.69, 9.17) is 4.74 Å². The number of halogens is 2. The molecule has 3 aromatic carbocycles. The second-order valence-corrected chi connectivity index (χ2v) is 9.49. The fourth-order valence-corrected chi connectivity index (χ4v) is 4.69. The number of aryl methyl sites for hydroxylation is 1. The number of aliphatic carboxylic acids is 1. The van der Waals surface area contributed by atoms with Crippen molar-refractivity contribution in [2.45, 2.75) is 44.6 Å². The molecule has 0 aromatic heterocycles. The molecule has 0 bridgehead atoms. The largest absolute Gasteiger partial charge is 0.487 e. The van der Waals surface area contributed by atoms with Gasteiger partial charge in [-0.05, 0) is 60.2 Å². The Labute approximate surface area is 209 Å². The van der Waals surface area contributed by atoms with Gasteiger partial charge in [-0.2, -0.15) is 0 Å². The molecule has 1 amide bonds. The van der Waals surface area contributed by atoms with Crippen LogP contribution >= 0.6 is 0 Å². The lowest BCUT2D eigenvalue weighted by molar-refractivity contribution is -0.144. The number of rotatable bonds is 10. The highest BCUT2D eigenvalue weighted by molar-refractivity contribution is 5.81. The predicted molar refractivity (Wildman–Crippen MR) is 132 cm³/mol. The van der Waals surface area contributed by atoms with E-state index in [-0.39, 0.29) is 36.9 Å². The summed E-state index contributed by atoms with van der Waals surface area (Å²) in [4.78, 5) is 25.4. The number of nitrogens with zero attached hydrogens (tertiary/aromatic N) is 1. The first-order valence-electron chi connectivity index (χ1n) is 12.0. The van der Waals surface area contributed by atoms with E-state index in [0.29, 0.717) is 30.4 Å². The van der Waals surface area contributed by atoms with E-state index < -0.39 is 18.1 Å². The van der Waals surface area contributed by atoms with E-state index in [1.807, 2.05) is 31.2 Å². The number of ether oxygens (including phenoxy) is 1. The lowest BCUT2D eigenvalue weighted by Gasteiger charge is -2.24. The minimum absolute atomic E-state index is 0.124. The molecular formula is C29H29F2NO4. The monoisotopic (exact) mass is 493 g/mol. The first-order valence-corrected chi connectivity index (χ1v) is 12.0. The zero-order valence-electron chi connectivity index (χ0n) is 20.2. The summed E-state index contributed by atoms with van der Waals surface area (Å²) in [5.41, 5.74) is 2.42. The second kappa shape index (κ2) is 10.9. The number of carbonyl (C=O) groups is 2. The van der Waals surface area contributed by atoms with Crippen molar-refractivity contribution in [2.75, 3.05) is 13.1 Å². The Bertz CT molecular complexity index is 1260. The van der Waals surface area contributed by atoms with Gasteiger partial charge >= 0.3 is 5.97 Å². The normalized spacial score (nSPS) is 16.3. The summed E-state index contributed by atoms with van der Waals surface area (Å²) >= 11 is 0. The van der Waals surface area contributed by atoms with Crippen molar-refractivity contribution in [2.24, 2.45) is 0 Å². The molecular weight excluding hydrogens is 464 g/mol. The van der Waals surface area contributed by atoms with E-state index in [2.05, 4.69) is 0 Å². The van der Waals surface area contributed by atoms with Gasteiger partial charge in [0.2, 0.25) is 5.91 Å². The molecule has 1 aliphatic heterocycles. The van der Waals surface area contributed by atoms with Gasteiger partial charge in [-0.25, -0.2) is 8.78 Å². The first kappa shape index (κ1) is 25.4. The summed E-state index contributed by atoms with van der Waals surface area (Å²) < 4.78 is 34.2. The number of benzene rings is 3. The Morgan fingerprint density at radius 1 is 0.972 bits per heavy atom. The summed E-state index contributed by atoms with van der Waals surface area (Å²) in [7, 11) is 0. The molecule has 0 saturated heterocycles. The summed E-state index contributed by atoms with van der Waals surface area (Å²) in [6.45, 7) is 1.65. The van der Waals surface area contributed by atoms with E-state index in [1.165, 1.54) is 17.0 Å². The van der Waals surface area contributed by atoms with E-state index in [0.717, 1.165) is 16.9 Å². The quantitative estimate of drug-likeness (QED) is 0.432. The van der Waals surface area contributed by atoms with Crippen LogP contribution in [0.1, 0.15) is 35.6 Å². The van der Waals surface area contributed by atoms with Gasteiger partial charge < -0.3 is 14.7 Å². The fourth-order valence-electron chi connectivity index (χ4n) is 4.69. The van der Waals surface area contributed by atoms with Gasteiger partial charge in [-0.3, -0.25) is 9.59 Å². The molecule has 7 heteroatoms. The van der Waals surface area contributed by atoms with Crippen molar-refractivity contribution < 1.29 is 28.2 Å². The van der Waals surface area contributed by atoms with Crippen molar-refractivity contribution in [3.63, 3.8) is 0 Å². The minimum atomic E-state index is -1.11. The zero-order chi connectivity index (χ0) is 25.7. The van der Waals surface area contributed by atoms with Crippen molar-refractivity contribution in [3.8, 4) is 5.75 Å². The third-order valence-electron chi connectivity index (χ3n) is 6.48. The second-order valence-electron chi connectivity index (χ2n) is 9.49. The van der Waals surface area contributed by atoms with Crippen molar-refractivity contribution in [3.05, 3.63) is 101 Å². The maximum Gasteiger partial charge on any atom is 0.323 e. The third kappa shape index (κ3) is 6.27. The van der Waals surface area contributed by atoms with Crippen LogP contribution in [0.5, 0.6) is 5.75 Å². The highest BCUT2D eigenvalue weighted by Gasteiger charge is 2.35. The molecule has 36 heavy (non-hydrogen) atoms. The van der Waals surface area contributed by atoms with Gasteiger partial charge in [-0.1, -0.05) is 48.5 Å². The molecule has 0 spiro atoms. The Kier molecular flexibility index (Phi) is 7.67. The minimum Gasteiger partial charge on any atom is -0.487 e. The molecule has 188 valence electrons. The highest BCUT2D eigenvalue weighted by Crippen LogP contribution is 2.38. The standard InChI is InChI=1S/C29H29F2NO4/c1-29(17-22-7-3-5-9-25(22)31)18-23-16-20(10-12-26(23)36-29)11-13-27(33)32(19-28(34)35)15-14-21-6-2-4-8-24(21)30/h2-10,12,16H,11,13-15,17-19H2,1H3,(H,34,35)/t29-/m1/s1. The van der Waals surface area contributed by atoms with Crippen molar-refractivity contribution >= 4 is 11.9 Å². The highest BCUT2D eigenvalue weighted by atomic mass is 19.1. The van der Waals surface area contributed by atoms with E-state index >= 15 is 0 Å². The van der Waals surface area contributed by atoms with Gasteiger partial charge in [0.25, 0.3) is 0 Å². The van der Waals surface area contributed by atoms with Gasteiger partial charge in [0.15, 0.2) is 0 Å². The smallest absolute Gasteiger partial charge is 0.323 e. The molecule has 1 heterocycles. The number of fused-ring (bicyclic) bond motifs is 1. The van der Waals surface area contributed by atoms with E-state index in [9.17, 15) is 23.5 Å². The van der Waals surface area contributed by atoms with Crippen LogP contribution in [-0.2, 0) is 35.3 Å². The maximum absolute atomic E-state index is 14.2. The first-order chi connectivity index (χ1) is 17.2. The number of amides is 1. The van der Waals surface area contributed by atoms with Crippen LogP contribution < -0.4 is 4.74 Å². The average molecular weight is 494 g/mol. The van der Waals surface area contributed by atoms with Gasteiger partial charge in [0, 0.05) is 25.8 Å². The van der Waals surface area contributed by atoms with Crippen LogP contribution in [0.25, 0.3) is 0 Å². The number of carboxylic acid groups (broad SMARTS) is 1. The molecule has 5 nitrogen and oxygen atoms in total. The topological polar surface area (TPSA) is 66.8 Å². The third-order valence-corrected chi connectivity index (χ3v) is 6.48. The van der Waals surface area contributed by atoms with Crippen LogP contribution in [0.3, 0.4) is 0 Å². The number of carbonyl (C=O) groups excluding carboxylic acids is 1. The van der Waals surface area contributed by atoms with Crippen LogP contribution in [0.2, 0.25) is 0 Å². The molecule has 0 unspecified atom stereocenters. The Balaban J connectivity index is 1.37. The van der Waals surface area contributed by atoms with Crippen molar-refractivity contribution in [1.82, 2.24) is 4.90 Å². The lowest BCUT2D eigenvalue weighted by atomic mass is 9.91.